The first-order valence-electron chi connectivity index (χ1n) is 8.38. The normalized spacial score (nSPS) is 19.1. The fourth-order valence-electron chi connectivity index (χ4n) is 2.86. The van der Waals surface area contributed by atoms with Gasteiger partial charge in [0.15, 0.2) is 15.9 Å². The fraction of sp³-hybridized carbons (Fsp3) is 0.250. The van der Waals surface area contributed by atoms with Gasteiger partial charge in [-0.2, -0.15) is 0 Å². The van der Waals surface area contributed by atoms with Gasteiger partial charge in [0.1, 0.15) is 5.75 Å². The van der Waals surface area contributed by atoms with Gasteiger partial charge in [0.25, 0.3) is 5.91 Å². The SMILES string of the molecule is Cc1ccc(N(C(=O)[C@H](C)Oc2ccccc2)[C@H]2C=CS(=O)(=O)C2)cc1. The fourth-order valence-corrected chi connectivity index (χ4v) is 4.13. The molecule has 2 atom stereocenters. The van der Waals surface area contributed by atoms with Gasteiger partial charge >= 0.3 is 0 Å². The minimum atomic E-state index is -3.29. The van der Waals surface area contributed by atoms with Crippen LogP contribution in [-0.4, -0.2) is 32.2 Å². The summed E-state index contributed by atoms with van der Waals surface area (Å²) in [6, 6.07) is 16.0. The number of hydrogen-bond donors (Lipinski definition) is 0. The molecule has 0 saturated heterocycles. The second-order valence-electron chi connectivity index (χ2n) is 6.34. The van der Waals surface area contributed by atoms with E-state index in [-0.39, 0.29) is 11.7 Å². The number of amides is 1. The number of ether oxygens (including phenoxy) is 1. The molecule has 1 aliphatic heterocycles. The zero-order valence-electron chi connectivity index (χ0n) is 14.7. The van der Waals surface area contributed by atoms with Gasteiger partial charge < -0.3 is 9.64 Å². The van der Waals surface area contributed by atoms with Gasteiger partial charge in [-0.1, -0.05) is 35.9 Å². The Kier molecular flexibility index (Phi) is 5.13. The molecule has 1 heterocycles. The lowest BCUT2D eigenvalue weighted by atomic mass is 10.1. The minimum Gasteiger partial charge on any atom is -0.481 e. The van der Waals surface area contributed by atoms with Crippen molar-refractivity contribution in [2.24, 2.45) is 0 Å². The van der Waals surface area contributed by atoms with Crippen molar-refractivity contribution in [1.82, 2.24) is 0 Å². The van der Waals surface area contributed by atoms with Crippen molar-refractivity contribution in [2.45, 2.75) is 26.0 Å². The van der Waals surface area contributed by atoms with E-state index >= 15 is 0 Å². The first-order chi connectivity index (χ1) is 12.4. The molecule has 0 aliphatic carbocycles. The van der Waals surface area contributed by atoms with E-state index in [9.17, 15) is 13.2 Å². The summed E-state index contributed by atoms with van der Waals surface area (Å²) >= 11 is 0. The molecular weight excluding hydrogens is 350 g/mol. The molecule has 2 aromatic carbocycles. The van der Waals surface area contributed by atoms with E-state index in [2.05, 4.69) is 0 Å². The Morgan fingerprint density at radius 2 is 1.77 bits per heavy atom. The highest BCUT2D eigenvalue weighted by Gasteiger charge is 2.34. The van der Waals surface area contributed by atoms with Crippen LogP contribution in [0.25, 0.3) is 0 Å². The molecule has 0 N–H and O–H groups in total. The summed E-state index contributed by atoms with van der Waals surface area (Å²) in [4.78, 5) is 14.6. The third-order valence-electron chi connectivity index (χ3n) is 4.20. The molecule has 5 nitrogen and oxygen atoms in total. The van der Waals surface area contributed by atoms with Crippen LogP contribution in [0.2, 0.25) is 0 Å². The quantitative estimate of drug-likeness (QED) is 0.810. The summed E-state index contributed by atoms with van der Waals surface area (Å²) in [5.41, 5.74) is 1.71. The Hall–Kier alpha value is -2.60. The van der Waals surface area contributed by atoms with Crippen molar-refractivity contribution in [3.8, 4) is 5.75 Å². The van der Waals surface area contributed by atoms with E-state index in [1.165, 1.54) is 10.3 Å². The molecule has 3 rings (SSSR count). The Morgan fingerprint density at radius 3 is 2.35 bits per heavy atom. The topological polar surface area (TPSA) is 63.7 Å². The van der Waals surface area contributed by atoms with E-state index in [4.69, 9.17) is 4.74 Å². The number of carbonyl (C=O) groups excluding carboxylic acids is 1. The van der Waals surface area contributed by atoms with Crippen molar-refractivity contribution in [2.75, 3.05) is 10.7 Å². The molecule has 26 heavy (non-hydrogen) atoms. The Balaban J connectivity index is 1.88. The number of nitrogens with zero attached hydrogens (tertiary/aromatic N) is 1. The summed E-state index contributed by atoms with van der Waals surface area (Å²) in [6.07, 6.45) is 0.804. The zero-order valence-corrected chi connectivity index (χ0v) is 15.5. The van der Waals surface area contributed by atoms with Crippen molar-refractivity contribution >= 4 is 21.4 Å². The lowest BCUT2D eigenvalue weighted by Gasteiger charge is -2.30. The number of sulfone groups is 1. The van der Waals surface area contributed by atoms with Crippen molar-refractivity contribution in [3.63, 3.8) is 0 Å². The van der Waals surface area contributed by atoms with Gasteiger partial charge in [0.05, 0.1) is 11.8 Å². The van der Waals surface area contributed by atoms with Crippen LogP contribution >= 0.6 is 0 Å². The average molecular weight is 371 g/mol. The van der Waals surface area contributed by atoms with Crippen LogP contribution in [0.5, 0.6) is 5.75 Å². The van der Waals surface area contributed by atoms with Gasteiger partial charge in [-0.3, -0.25) is 4.79 Å². The standard InChI is InChI=1S/C20H21NO4S/c1-15-8-10-17(11-9-15)21(18-12-13-26(23,24)14-18)20(22)16(2)25-19-6-4-3-5-7-19/h3-13,16,18H,14H2,1-2H3/t16-,18-/m0/s1. The molecule has 136 valence electrons. The molecule has 1 amide bonds. The van der Waals surface area contributed by atoms with E-state index < -0.39 is 22.0 Å². The first-order valence-corrected chi connectivity index (χ1v) is 10.1. The lowest BCUT2D eigenvalue weighted by molar-refractivity contribution is -0.124. The minimum absolute atomic E-state index is 0.120. The second-order valence-corrected chi connectivity index (χ2v) is 8.27. The Morgan fingerprint density at radius 1 is 1.12 bits per heavy atom. The molecule has 0 fully saturated rings. The van der Waals surface area contributed by atoms with E-state index in [0.29, 0.717) is 11.4 Å². The van der Waals surface area contributed by atoms with Crippen LogP contribution in [0.3, 0.4) is 0 Å². The molecular formula is C20H21NO4S. The highest BCUT2D eigenvalue weighted by atomic mass is 32.2. The third-order valence-corrected chi connectivity index (χ3v) is 5.57. The molecule has 0 saturated carbocycles. The summed E-state index contributed by atoms with van der Waals surface area (Å²) < 4.78 is 29.5. The maximum Gasteiger partial charge on any atom is 0.268 e. The van der Waals surface area contributed by atoms with Gasteiger partial charge in [-0.25, -0.2) is 8.42 Å². The molecule has 6 heteroatoms. The van der Waals surface area contributed by atoms with E-state index in [1.807, 2.05) is 49.4 Å². The molecule has 0 bridgehead atoms. The highest BCUT2D eigenvalue weighted by Crippen LogP contribution is 2.25. The van der Waals surface area contributed by atoms with Gasteiger partial charge in [-0.15, -0.1) is 0 Å². The maximum atomic E-state index is 13.1. The number of para-hydroxylation sites is 1. The summed E-state index contributed by atoms with van der Waals surface area (Å²) in [7, 11) is -3.29. The Bertz CT molecular complexity index is 905. The number of benzene rings is 2. The van der Waals surface area contributed by atoms with E-state index in [1.54, 1.807) is 25.1 Å². The molecule has 0 unspecified atom stereocenters. The number of carbonyl (C=O) groups is 1. The first kappa shape index (κ1) is 18.2. The van der Waals surface area contributed by atoms with Crippen LogP contribution in [0, 0.1) is 6.92 Å². The van der Waals surface area contributed by atoms with Crippen LogP contribution in [-0.2, 0) is 14.6 Å². The monoisotopic (exact) mass is 371 g/mol. The molecule has 1 aliphatic rings. The van der Waals surface area contributed by atoms with Gasteiger partial charge in [-0.05, 0) is 44.2 Å². The number of anilines is 1. The van der Waals surface area contributed by atoms with Crippen LogP contribution in [0.1, 0.15) is 12.5 Å². The van der Waals surface area contributed by atoms with Crippen molar-refractivity contribution < 1.29 is 17.9 Å². The van der Waals surface area contributed by atoms with Gasteiger partial charge in [0.2, 0.25) is 0 Å². The summed E-state index contributed by atoms with van der Waals surface area (Å²) in [5.74, 6) is 0.182. The smallest absolute Gasteiger partial charge is 0.268 e. The molecule has 0 radical (unpaired) electrons. The van der Waals surface area contributed by atoms with Gasteiger partial charge in [0, 0.05) is 11.1 Å². The van der Waals surface area contributed by atoms with Crippen LogP contribution < -0.4 is 9.64 Å². The zero-order chi connectivity index (χ0) is 18.7. The average Bonchev–Trinajstić information content (AvgIpc) is 2.97. The lowest BCUT2D eigenvalue weighted by Crippen LogP contribution is -2.47. The van der Waals surface area contributed by atoms with Crippen molar-refractivity contribution in [1.29, 1.82) is 0 Å². The van der Waals surface area contributed by atoms with E-state index in [0.717, 1.165) is 5.56 Å². The van der Waals surface area contributed by atoms with Crippen molar-refractivity contribution in [3.05, 3.63) is 71.6 Å². The predicted octanol–water partition coefficient (Wildman–Crippen LogP) is 3.11. The summed E-state index contributed by atoms with van der Waals surface area (Å²) in [6.45, 7) is 3.63. The molecule has 2 aromatic rings. The van der Waals surface area contributed by atoms with Crippen LogP contribution in [0.4, 0.5) is 5.69 Å². The largest absolute Gasteiger partial charge is 0.481 e. The number of aryl methyl sites for hydroxylation is 1. The second kappa shape index (κ2) is 7.33. The number of rotatable bonds is 5. The number of hydrogen-bond acceptors (Lipinski definition) is 4. The van der Waals surface area contributed by atoms with Crippen LogP contribution in [0.15, 0.2) is 66.1 Å². The third kappa shape index (κ3) is 4.14. The summed E-state index contributed by atoms with van der Waals surface area (Å²) in [5, 5.41) is 1.18. The Labute approximate surface area is 153 Å². The molecule has 0 spiro atoms. The molecule has 0 aromatic heterocycles. The maximum absolute atomic E-state index is 13.1. The predicted molar refractivity (Wildman–Crippen MR) is 102 cm³/mol. The highest BCUT2D eigenvalue weighted by molar-refractivity contribution is 7.94.